The number of thiocarbonyl (C=S) groups is 1. The van der Waals surface area contributed by atoms with E-state index in [4.69, 9.17) is 17.0 Å². The molecule has 4 rings (SSSR count). The van der Waals surface area contributed by atoms with Gasteiger partial charge in [-0.3, -0.25) is 4.90 Å². The number of hydrogen-bond acceptors (Lipinski definition) is 4. The lowest BCUT2D eigenvalue weighted by molar-refractivity contribution is 0.213. The van der Waals surface area contributed by atoms with Gasteiger partial charge in [-0.15, -0.1) is 0 Å². The average molecular weight is 513 g/mol. The molecule has 36 heavy (non-hydrogen) atoms. The van der Waals surface area contributed by atoms with Gasteiger partial charge in [0.1, 0.15) is 11.6 Å². The topological polar surface area (TPSA) is 39.8 Å². The number of piperazine rings is 1. The zero-order chi connectivity index (χ0) is 25.3. The smallest absolute Gasteiger partial charge is 0.166 e. The lowest BCUT2D eigenvalue weighted by atomic mass is 9.75. The lowest BCUT2D eigenvalue weighted by Gasteiger charge is -2.40. The molecule has 0 spiro atoms. The van der Waals surface area contributed by atoms with Gasteiger partial charge in [-0.1, -0.05) is 49.6 Å². The van der Waals surface area contributed by atoms with E-state index >= 15 is 4.39 Å². The van der Waals surface area contributed by atoms with Gasteiger partial charge in [0.15, 0.2) is 5.11 Å². The molecule has 2 aromatic rings. The second-order valence-electron chi connectivity index (χ2n) is 10.1. The number of rotatable bonds is 9. The van der Waals surface area contributed by atoms with Crippen LogP contribution in [0.25, 0.3) is 0 Å². The summed E-state index contributed by atoms with van der Waals surface area (Å²) in [6.45, 7) is 4.82. The van der Waals surface area contributed by atoms with Crippen molar-refractivity contribution < 1.29 is 9.13 Å². The first-order chi connectivity index (χ1) is 17.6. The van der Waals surface area contributed by atoms with E-state index in [2.05, 4.69) is 32.6 Å². The number of para-hydroxylation sites is 2. The molecule has 0 radical (unpaired) electrons. The lowest BCUT2D eigenvalue weighted by Crippen LogP contribution is -2.50. The highest BCUT2D eigenvalue weighted by molar-refractivity contribution is 7.80. The second-order valence-corrected chi connectivity index (χ2v) is 10.5. The Morgan fingerprint density at radius 1 is 1.03 bits per heavy atom. The first-order valence-corrected chi connectivity index (χ1v) is 13.8. The number of anilines is 1. The molecule has 1 saturated carbocycles. The van der Waals surface area contributed by atoms with E-state index in [1.165, 1.54) is 32.1 Å². The number of nitrogens with zero attached hydrogens (tertiary/aromatic N) is 2. The summed E-state index contributed by atoms with van der Waals surface area (Å²) in [5.41, 5.74) is 1.97. The minimum Gasteiger partial charge on any atom is -0.495 e. The largest absolute Gasteiger partial charge is 0.495 e. The van der Waals surface area contributed by atoms with Crippen LogP contribution < -0.4 is 20.3 Å². The molecule has 1 saturated heterocycles. The van der Waals surface area contributed by atoms with Crippen molar-refractivity contribution in [1.29, 1.82) is 0 Å². The molecular formula is C29H41FN4OS. The van der Waals surface area contributed by atoms with Crippen molar-refractivity contribution in [2.75, 3.05) is 51.8 Å². The van der Waals surface area contributed by atoms with Gasteiger partial charge in [-0.2, -0.15) is 0 Å². The van der Waals surface area contributed by atoms with Crippen LogP contribution in [-0.2, 0) is 0 Å². The second kappa shape index (κ2) is 13.2. The van der Waals surface area contributed by atoms with E-state index in [9.17, 15) is 0 Å². The Morgan fingerprint density at radius 2 is 1.72 bits per heavy atom. The normalized spacial score (nSPS) is 18.9. The Kier molecular flexibility index (Phi) is 9.82. The quantitative estimate of drug-likeness (QED) is 0.452. The zero-order valence-electron chi connectivity index (χ0n) is 21.7. The first kappa shape index (κ1) is 26.7. The van der Waals surface area contributed by atoms with E-state index in [-0.39, 0.29) is 17.8 Å². The minimum absolute atomic E-state index is 0.0628. The van der Waals surface area contributed by atoms with Crippen molar-refractivity contribution in [1.82, 2.24) is 15.5 Å². The van der Waals surface area contributed by atoms with Crippen molar-refractivity contribution in [2.45, 2.75) is 50.5 Å². The molecule has 1 aliphatic heterocycles. The fourth-order valence-corrected chi connectivity index (χ4v) is 6.13. The van der Waals surface area contributed by atoms with Gasteiger partial charge in [0.25, 0.3) is 0 Å². The third-order valence-electron chi connectivity index (χ3n) is 7.98. The summed E-state index contributed by atoms with van der Waals surface area (Å²) < 4.78 is 20.7. The zero-order valence-corrected chi connectivity index (χ0v) is 22.5. The predicted octanol–water partition coefficient (Wildman–Crippen LogP) is 5.17. The van der Waals surface area contributed by atoms with Crippen molar-refractivity contribution in [2.24, 2.45) is 5.92 Å². The van der Waals surface area contributed by atoms with Gasteiger partial charge >= 0.3 is 0 Å². The van der Waals surface area contributed by atoms with Crippen molar-refractivity contribution in [3.63, 3.8) is 0 Å². The van der Waals surface area contributed by atoms with E-state index in [1.807, 2.05) is 31.3 Å². The monoisotopic (exact) mass is 512 g/mol. The summed E-state index contributed by atoms with van der Waals surface area (Å²) in [4.78, 5) is 4.93. The van der Waals surface area contributed by atoms with Crippen LogP contribution in [0.5, 0.6) is 5.75 Å². The van der Waals surface area contributed by atoms with Crippen LogP contribution in [0.3, 0.4) is 0 Å². The molecule has 1 heterocycles. The molecule has 2 atom stereocenters. The Hall–Kier alpha value is -2.38. The van der Waals surface area contributed by atoms with Crippen LogP contribution >= 0.6 is 12.2 Å². The molecule has 0 unspecified atom stereocenters. The highest BCUT2D eigenvalue weighted by atomic mass is 32.1. The fourth-order valence-electron chi connectivity index (χ4n) is 5.99. The van der Waals surface area contributed by atoms with E-state index in [1.54, 1.807) is 19.2 Å². The van der Waals surface area contributed by atoms with Crippen LogP contribution in [0.1, 0.15) is 50.0 Å². The van der Waals surface area contributed by atoms with Crippen LogP contribution in [0.2, 0.25) is 0 Å². The Labute approximate surface area is 221 Å². The van der Waals surface area contributed by atoms with Crippen molar-refractivity contribution in [3.05, 3.63) is 59.9 Å². The Bertz CT molecular complexity index is 975. The SMILES string of the molecule is CNC(=S)N[C@@H](C1CCCCC1)[C@H](CCN1CCN(c2ccccc2OC)CC1)c1ccccc1F. The third kappa shape index (κ3) is 6.68. The third-order valence-corrected chi connectivity index (χ3v) is 8.30. The minimum atomic E-state index is -0.110. The van der Waals surface area contributed by atoms with Gasteiger partial charge in [-0.25, -0.2) is 4.39 Å². The molecule has 2 N–H and O–H groups in total. The van der Waals surface area contributed by atoms with E-state index in [0.717, 1.165) is 56.1 Å². The maximum absolute atomic E-state index is 15.2. The molecule has 7 heteroatoms. The van der Waals surface area contributed by atoms with Gasteiger partial charge in [-0.05, 0) is 67.7 Å². The van der Waals surface area contributed by atoms with E-state index in [0.29, 0.717) is 11.0 Å². The van der Waals surface area contributed by atoms with Gasteiger partial charge < -0.3 is 20.3 Å². The Morgan fingerprint density at radius 3 is 2.42 bits per heavy atom. The summed E-state index contributed by atoms with van der Waals surface area (Å²) in [5.74, 6) is 1.37. The van der Waals surface area contributed by atoms with Crippen molar-refractivity contribution in [3.8, 4) is 5.75 Å². The summed E-state index contributed by atoms with van der Waals surface area (Å²) >= 11 is 5.55. The van der Waals surface area contributed by atoms with Crippen LogP contribution in [0, 0.1) is 11.7 Å². The maximum Gasteiger partial charge on any atom is 0.166 e. The molecule has 5 nitrogen and oxygen atoms in total. The fraction of sp³-hybridized carbons (Fsp3) is 0.552. The van der Waals surface area contributed by atoms with Crippen LogP contribution in [0.15, 0.2) is 48.5 Å². The molecule has 0 aromatic heterocycles. The number of nitrogens with one attached hydrogen (secondary N) is 2. The number of methoxy groups -OCH3 is 1. The van der Waals surface area contributed by atoms with Crippen LogP contribution in [0.4, 0.5) is 10.1 Å². The van der Waals surface area contributed by atoms with Crippen LogP contribution in [-0.4, -0.2) is 62.9 Å². The summed E-state index contributed by atoms with van der Waals surface area (Å²) in [6.07, 6.45) is 7.02. The summed E-state index contributed by atoms with van der Waals surface area (Å²) in [6, 6.07) is 15.7. The van der Waals surface area contributed by atoms with Gasteiger partial charge in [0, 0.05) is 45.2 Å². The summed E-state index contributed by atoms with van der Waals surface area (Å²) in [7, 11) is 3.58. The molecular weight excluding hydrogens is 471 g/mol. The molecule has 0 amide bonds. The molecule has 2 aromatic carbocycles. The number of hydrogen-bond donors (Lipinski definition) is 2. The molecule has 2 fully saturated rings. The maximum atomic E-state index is 15.2. The predicted molar refractivity (Wildman–Crippen MR) is 151 cm³/mol. The molecule has 0 bridgehead atoms. The van der Waals surface area contributed by atoms with Gasteiger partial charge in [0.05, 0.1) is 12.8 Å². The highest BCUT2D eigenvalue weighted by Gasteiger charge is 2.34. The number of ether oxygens (including phenoxy) is 1. The number of halogens is 1. The Balaban J connectivity index is 1.47. The molecule has 1 aliphatic carbocycles. The number of benzene rings is 2. The van der Waals surface area contributed by atoms with E-state index < -0.39 is 0 Å². The average Bonchev–Trinajstić information content (AvgIpc) is 2.94. The molecule has 2 aliphatic rings. The highest BCUT2D eigenvalue weighted by Crippen LogP contribution is 2.37. The first-order valence-electron chi connectivity index (χ1n) is 13.4. The summed E-state index contributed by atoms with van der Waals surface area (Å²) in [5, 5.41) is 7.35. The van der Waals surface area contributed by atoms with Gasteiger partial charge in [0.2, 0.25) is 0 Å². The van der Waals surface area contributed by atoms with Crippen molar-refractivity contribution >= 4 is 23.0 Å². The standard InChI is InChI=1S/C29H41FN4OS/c1-31-29(36)32-28(22-10-4-3-5-11-22)24(23-12-6-7-13-25(23)30)16-17-33-18-20-34(21-19-33)26-14-8-9-15-27(26)35-2/h6-9,12-15,22,24,28H,3-5,10-11,16-21H2,1-2H3,(H2,31,32,36)/t24-,28+/m1/s1. The molecule has 196 valence electrons.